The fraction of sp³-hybridized carbons (Fsp3) is 0.100. The molecule has 0 N–H and O–H groups in total. The minimum atomic E-state index is -0.413. The molecule has 116 valence electrons. The fourth-order valence-electron chi connectivity index (χ4n) is 2.31. The van der Waals surface area contributed by atoms with E-state index in [-0.39, 0.29) is 5.02 Å². The van der Waals surface area contributed by atoms with Crippen LogP contribution in [0.1, 0.15) is 11.1 Å². The molecular weight excluding hydrogens is 311 g/mol. The van der Waals surface area contributed by atoms with Crippen LogP contribution in [0.4, 0.5) is 4.39 Å². The topological polar surface area (TPSA) is 9.23 Å². The smallest absolute Gasteiger partial charge is 0.142 e. The first kappa shape index (κ1) is 15.6. The number of hydrogen-bond donors (Lipinski definition) is 0. The van der Waals surface area contributed by atoms with Gasteiger partial charge in [-0.2, -0.15) is 0 Å². The van der Waals surface area contributed by atoms with Crippen molar-refractivity contribution >= 4 is 11.6 Å². The molecule has 0 aliphatic heterocycles. The number of hydrogen-bond acceptors (Lipinski definition) is 1. The Morgan fingerprint density at radius 1 is 0.913 bits per heavy atom. The summed E-state index contributed by atoms with van der Waals surface area (Å²) in [4.78, 5) is 0. The predicted octanol–water partition coefficient (Wildman–Crippen LogP) is 6.03. The third kappa shape index (κ3) is 3.72. The summed E-state index contributed by atoms with van der Waals surface area (Å²) in [6, 6.07) is 20.5. The molecule has 0 saturated heterocycles. The van der Waals surface area contributed by atoms with E-state index in [1.807, 2.05) is 24.3 Å². The summed E-state index contributed by atoms with van der Waals surface area (Å²) in [6.07, 6.45) is 0. The summed E-state index contributed by atoms with van der Waals surface area (Å²) in [6.45, 7) is 2.57. The summed E-state index contributed by atoms with van der Waals surface area (Å²) in [7, 11) is 0. The standard InChI is InChI=1S/C20H16ClFO/c1-14-5-7-15(8-6-14)13-23-17-11-9-16(10-12-17)18-3-2-4-19(22)20(18)21/h2-12H,13H2,1H3. The van der Waals surface area contributed by atoms with E-state index in [1.165, 1.54) is 11.6 Å². The molecule has 3 aromatic carbocycles. The molecule has 3 rings (SSSR count). The minimum Gasteiger partial charge on any atom is -0.489 e. The van der Waals surface area contributed by atoms with Crippen LogP contribution in [-0.4, -0.2) is 0 Å². The maximum Gasteiger partial charge on any atom is 0.142 e. The SMILES string of the molecule is Cc1ccc(COc2ccc(-c3cccc(F)c3Cl)cc2)cc1. The number of halogens is 2. The Kier molecular flexibility index (Phi) is 4.63. The Morgan fingerprint density at radius 3 is 2.30 bits per heavy atom. The zero-order valence-electron chi connectivity index (χ0n) is 12.7. The molecule has 0 aliphatic rings. The Hall–Kier alpha value is -2.32. The molecule has 0 bridgehead atoms. The Morgan fingerprint density at radius 2 is 1.61 bits per heavy atom. The van der Waals surface area contributed by atoms with E-state index >= 15 is 0 Å². The average Bonchev–Trinajstić information content (AvgIpc) is 2.57. The minimum absolute atomic E-state index is 0.140. The summed E-state index contributed by atoms with van der Waals surface area (Å²) in [5.74, 6) is 0.353. The molecule has 1 nitrogen and oxygen atoms in total. The van der Waals surface area contributed by atoms with Crippen molar-refractivity contribution in [2.45, 2.75) is 13.5 Å². The number of ether oxygens (including phenoxy) is 1. The van der Waals surface area contributed by atoms with Gasteiger partial charge in [-0.25, -0.2) is 4.39 Å². The highest BCUT2D eigenvalue weighted by atomic mass is 35.5. The van der Waals surface area contributed by atoms with Crippen molar-refractivity contribution in [3.8, 4) is 16.9 Å². The molecule has 0 aliphatic carbocycles. The molecule has 3 heteroatoms. The van der Waals surface area contributed by atoms with Crippen molar-refractivity contribution in [2.75, 3.05) is 0 Å². The second-order valence-electron chi connectivity index (χ2n) is 5.40. The average molecular weight is 327 g/mol. The lowest BCUT2D eigenvalue weighted by molar-refractivity contribution is 0.306. The highest BCUT2D eigenvalue weighted by molar-refractivity contribution is 6.33. The van der Waals surface area contributed by atoms with Gasteiger partial charge in [-0.15, -0.1) is 0 Å². The van der Waals surface area contributed by atoms with Gasteiger partial charge in [0, 0.05) is 5.56 Å². The van der Waals surface area contributed by atoms with Gasteiger partial charge in [0.1, 0.15) is 18.2 Å². The molecule has 0 unspecified atom stereocenters. The van der Waals surface area contributed by atoms with E-state index in [2.05, 4.69) is 31.2 Å². The quantitative estimate of drug-likeness (QED) is 0.568. The van der Waals surface area contributed by atoms with Gasteiger partial charge in [-0.05, 0) is 36.2 Å². The van der Waals surface area contributed by atoms with Crippen LogP contribution < -0.4 is 4.74 Å². The van der Waals surface area contributed by atoms with Gasteiger partial charge in [-0.1, -0.05) is 65.7 Å². The zero-order chi connectivity index (χ0) is 16.2. The fourth-order valence-corrected chi connectivity index (χ4v) is 2.54. The van der Waals surface area contributed by atoms with Crippen LogP contribution in [0.3, 0.4) is 0 Å². The van der Waals surface area contributed by atoms with E-state index in [0.29, 0.717) is 12.2 Å². The molecule has 0 saturated carbocycles. The van der Waals surface area contributed by atoms with Gasteiger partial charge in [0.15, 0.2) is 0 Å². The lowest BCUT2D eigenvalue weighted by atomic mass is 10.1. The molecule has 23 heavy (non-hydrogen) atoms. The molecule has 3 aromatic rings. The van der Waals surface area contributed by atoms with Gasteiger partial charge in [0.05, 0.1) is 5.02 Å². The summed E-state index contributed by atoms with van der Waals surface area (Å²) < 4.78 is 19.3. The van der Waals surface area contributed by atoms with Crippen LogP contribution in [0.5, 0.6) is 5.75 Å². The first-order chi connectivity index (χ1) is 11.1. The van der Waals surface area contributed by atoms with Crippen LogP contribution >= 0.6 is 11.6 Å². The summed E-state index contributed by atoms with van der Waals surface area (Å²) in [5, 5.41) is 0.140. The van der Waals surface area contributed by atoms with Crippen LogP contribution in [-0.2, 0) is 6.61 Å². The highest BCUT2D eigenvalue weighted by Gasteiger charge is 2.07. The van der Waals surface area contributed by atoms with E-state index in [1.54, 1.807) is 12.1 Å². The molecule has 0 radical (unpaired) electrons. The van der Waals surface area contributed by atoms with Crippen LogP contribution in [0.15, 0.2) is 66.7 Å². The maximum absolute atomic E-state index is 13.5. The molecule has 0 heterocycles. The van der Waals surface area contributed by atoms with E-state index in [4.69, 9.17) is 16.3 Å². The van der Waals surface area contributed by atoms with Gasteiger partial charge in [0.2, 0.25) is 0 Å². The largest absolute Gasteiger partial charge is 0.489 e. The lowest BCUT2D eigenvalue weighted by Crippen LogP contribution is -1.95. The van der Waals surface area contributed by atoms with Crippen molar-refractivity contribution in [2.24, 2.45) is 0 Å². The normalized spacial score (nSPS) is 10.6. The predicted molar refractivity (Wildman–Crippen MR) is 92.4 cm³/mol. The molecule has 0 atom stereocenters. The van der Waals surface area contributed by atoms with E-state index in [0.717, 1.165) is 16.9 Å². The van der Waals surface area contributed by atoms with E-state index in [9.17, 15) is 4.39 Å². The Balaban J connectivity index is 1.72. The number of rotatable bonds is 4. The summed E-state index contributed by atoms with van der Waals surface area (Å²) >= 11 is 6.02. The van der Waals surface area contributed by atoms with Gasteiger partial charge in [0.25, 0.3) is 0 Å². The van der Waals surface area contributed by atoms with Crippen LogP contribution in [0, 0.1) is 12.7 Å². The van der Waals surface area contributed by atoms with Crippen molar-refractivity contribution in [1.29, 1.82) is 0 Å². The molecule has 0 spiro atoms. The van der Waals surface area contributed by atoms with Crippen molar-refractivity contribution in [3.05, 3.63) is 88.7 Å². The molecular formula is C20H16ClFO. The molecule has 0 aromatic heterocycles. The van der Waals surface area contributed by atoms with Gasteiger partial charge >= 0.3 is 0 Å². The molecule has 0 amide bonds. The third-order valence-electron chi connectivity index (χ3n) is 3.64. The maximum atomic E-state index is 13.5. The Bertz CT molecular complexity index is 795. The summed E-state index contributed by atoms with van der Waals surface area (Å²) in [5.41, 5.74) is 3.88. The van der Waals surface area contributed by atoms with Crippen molar-refractivity contribution in [3.63, 3.8) is 0 Å². The molecule has 0 fully saturated rings. The van der Waals surface area contributed by atoms with Crippen molar-refractivity contribution in [1.82, 2.24) is 0 Å². The first-order valence-corrected chi connectivity index (χ1v) is 7.74. The second kappa shape index (κ2) is 6.84. The number of aryl methyl sites for hydroxylation is 1. The van der Waals surface area contributed by atoms with Crippen LogP contribution in [0.25, 0.3) is 11.1 Å². The van der Waals surface area contributed by atoms with Crippen molar-refractivity contribution < 1.29 is 9.13 Å². The lowest BCUT2D eigenvalue weighted by Gasteiger charge is -2.09. The van der Waals surface area contributed by atoms with Gasteiger partial charge in [-0.3, -0.25) is 0 Å². The first-order valence-electron chi connectivity index (χ1n) is 7.36. The highest BCUT2D eigenvalue weighted by Crippen LogP contribution is 2.31. The Labute approximate surface area is 140 Å². The number of benzene rings is 3. The monoisotopic (exact) mass is 326 g/mol. The van der Waals surface area contributed by atoms with Crippen LogP contribution in [0.2, 0.25) is 5.02 Å². The second-order valence-corrected chi connectivity index (χ2v) is 5.78. The third-order valence-corrected chi connectivity index (χ3v) is 4.03. The zero-order valence-corrected chi connectivity index (χ0v) is 13.5. The van der Waals surface area contributed by atoms with E-state index < -0.39 is 5.82 Å². The van der Waals surface area contributed by atoms with Gasteiger partial charge < -0.3 is 4.74 Å².